The van der Waals surface area contributed by atoms with E-state index in [1.807, 2.05) is 55.1 Å². The number of hydrogen-bond acceptors (Lipinski definition) is 4. The van der Waals surface area contributed by atoms with Crippen LogP contribution in [0.1, 0.15) is 5.56 Å². The van der Waals surface area contributed by atoms with Crippen molar-refractivity contribution in [2.75, 3.05) is 5.32 Å². The third-order valence-electron chi connectivity index (χ3n) is 7.13. The Kier molecular flexibility index (Phi) is 5.90. The molecular weight excluding hydrogens is 492 g/mol. The van der Waals surface area contributed by atoms with Crippen LogP contribution in [-0.2, 0) is 6.42 Å². The molecule has 3 N–H and O–H groups in total. The molecule has 4 heterocycles. The van der Waals surface area contributed by atoms with Crippen molar-refractivity contribution < 1.29 is 0 Å². The van der Waals surface area contributed by atoms with Gasteiger partial charge in [-0.25, -0.2) is 0 Å². The van der Waals surface area contributed by atoms with Crippen molar-refractivity contribution in [1.82, 2.24) is 25.1 Å². The number of nitrogens with zero attached hydrogens (tertiary/aromatic N) is 3. The Bertz CT molecular complexity index is 1970. The van der Waals surface area contributed by atoms with Gasteiger partial charge >= 0.3 is 0 Å². The fraction of sp³-hybridized carbons (Fsp3) is 0.0294. The lowest BCUT2D eigenvalue weighted by atomic mass is 10.0. The fourth-order valence-corrected chi connectivity index (χ4v) is 5.22. The molecule has 7 rings (SSSR count). The lowest BCUT2D eigenvalue weighted by Gasteiger charge is -2.11. The third kappa shape index (κ3) is 4.52. The number of anilines is 1. The molecule has 0 bridgehead atoms. The summed E-state index contributed by atoms with van der Waals surface area (Å²) in [6.07, 6.45) is 8.11. The second kappa shape index (κ2) is 10.0. The van der Waals surface area contributed by atoms with Crippen LogP contribution < -0.4 is 5.32 Å². The Hall–Kier alpha value is -5.49. The van der Waals surface area contributed by atoms with E-state index in [9.17, 15) is 0 Å². The van der Waals surface area contributed by atoms with Gasteiger partial charge in [-0.3, -0.25) is 15.1 Å². The van der Waals surface area contributed by atoms with Crippen LogP contribution in [0.3, 0.4) is 0 Å². The molecule has 6 nitrogen and oxygen atoms in total. The van der Waals surface area contributed by atoms with Gasteiger partial charge in [0.15, 0.2) is 0 Å². The highest BCUT2D eigenvalue weighted by Crippen LogP contribution is 2.35. The van der Waals surface area contributed by atoms with Crippen molar-refractivity contribution in [3.05, 3.63) is 134 Å². The van der Waals surface area contributed by atoms with Crippen molar-refractivity contribution in [2.24, 2.45) is 0 Å². The van der Waals surface area contributed by atoms with Crippen molar-refractivity contribution in [2.45, 2.75) is 6.42 Å². The molecular formula is C34H26N6. The van der Waals surface area contributed by atoms with Crippen LogP contribution in [0.4, 0.5) is 5.69 Å². The molecule has 0 aliphatic heterocycles. The van der Waals surface area contributed by atoms with Gasteiger partial charge in [0, 0.05) is 52.6 Å². The summed E-state index contributed by atoms with van der Waals surface area (Å²) in [5, 5.41) is 13.5. The monoisotopic (exact) mass is 518 g/mol. The topological polar surface area (TPSA) is 82.3 Å². The molecule has 40 heavy (non-hydrogen) atoms. The summed E-state index contributed by atoms with van der Waals surface area (Å²) in [6.45, 7) is 4.21. The second-order valence-corrected chi connectivity index (χ2v) is 9.87. The maximum absolute atomic E-state index is 4.69. The molecule has 3 aromatic carbocycles. The SMILES string of the molecule is C=C(Cc1ccccc1)Nc1cncc(-c2ccc3[nH]nc(-c4cc5c(-c6ccncc6)cccc5[nH]4)c3c2)c1. The lowest BCUT2D eigenvalue weighted by Crippen LogP contribution is -2.02. The molecule has 0 atom stereocenters. The summed E-state index contributed by atoms with van der Waals surface area (Å²) in [5.74, 6) is 0. The van der Waals surface area contributed by atoms with Crippen molar-refractivity contribution >= 4 is 27.5 Å². The van der Waals surface area contributed by atoms with Gasteiger partial charge in [0.05, 0.1) is 23.1 Å². The minimum atomic E-state index is 0.753. The predicted octanol–water partition coefficient (Wildman–Crippen LogP) is 8.00. The third-order valence-corrected chi connectivity index (χ3v) is 7.13. The van der Waals surface area contributed by atoms with Crippen LogP contribution in [0.15, 0.2) is 128 Å². The molecule has 0 saturated carbocycles. The van der Waals surface area contributed by atoms with E-state index in [0.29, 0.717) is 0 Å². The van der Waals surface area contributed by atoms with Gasteiger partial charge in [-0.15, -0.1) is 0 Å². The Morgan fingerprint density at radius 2 is 1.60 bits per heavy atom. The normalized spacial score (nSPS) is 11.2. The first-order chi connectivity index (χ1) is 19.7. The Labute approximate surface area is 231 Å². The maximum Gasteiger partial charge on any atom is 0.116 e. The Balaban J connectivity index is 1.21. The molecule has 0 radical (unpaired) electrons. The van der Waals surface area contributed by atoms with E-state index in [-0.39, 0.29) is 0 Å². The number of aromatic amines is 2. The Morgan fingerprint density at radius 1 is 0.725 bits per heavy atom. The number of aromatic nitrogens is 5. The summed E-state index contributed by atoms with van der Waals surface area (Å²) < 4.78 is 0. The van der Waals surface area contributed by atoms with Crippen LogP contribution in [0, 0.1) is 0 Å². The largest absolute Gasteiger partial charge is 0.358 e. The maximum atomic E-state index is 4.69. The summed E-state index contributed by atoms with van der Waals surface area (Å²) in [5.41, 5.74) is 11.3. The van der Waals surface area contributed by atoms with E-state index in [4.69, 9.17) is 0 Å². The van der Waals surface area contributed by atoms with E-state index in [1.54, 1.807) is 0 Å². The first-order valence-corrected chi connectivity index (χ1v) is 13.2. The van der Waals surface area contributed by atoms with Gasteiger partial charge in [-0.05, 0) is 64.7 Å². The molecule has 6 heteroatoms. The fourth-order valence-electron chi connectivity index (χ4n) is 5.22. The molecule has 192 valence electrons. The summed E-state index contributed by atoms with van der Waals surface area (Å²) in [4.78, 5) is 12.2. The molecule has 0 unspecified atom stereocenters. The number of fused-ring (bicyclic) bond motifs is 2. The first kappa shape index (κ1) is 23.6. The zero-order valence-corrected chi connectivity index (χ0v) is 21.7. The molecule has 0 fully saturated rings. The van der Waals surface area contributed by atoms with Gasteiger partial charge < -0.3 is 10.3 Å². The highest BCUT2D eigenvalue weighted by molar-refractivity contribution is 6.01. The number of hydrogen-bond donors (Lipinski definition) is 3. The highest BCUT2D eigenvalue weighted by Gasteiger charge is 2.14. The van der Waals surface area contributed by atoms with Crippen molar-refractivity contribution in [1.29, 1.82) is 0 Å². The van der Waals surface area contributed by atoms with Crippen molar-refractivity contribution in [3.8, 4) is 33.6 Å². The van der Waals surface area contributed by atoms with E-state index in [1.165, 1.54) is 5.56 Å². The summed E-state index contributed by atoms with van der Waals surface area (Å²) in [6, 6.07) is 31.3. The number of rotatable bonds is 7. The second-order valence-electron chi connectivity index (χ2n) is 9.87. The number of H-pyrrole nitrogens is 2. The lowest BCUT2D eigenvalue weighted by molar-refractivity contribution is 1.12. The van der Waals surface area contributed by atoms with Gasteiger partial charge in [-0.1, -0.05) is 55.1 Å². The molecule has 0 saturated heterocycles. The molecule has 7 aromatic rings. The average molecular weight is 519 g/mol. The zero-order valence-electron chi connectivity index (χ0n) is 21.7. The first-order valence-electron chi connectivity index (χ1n) is 13.2. The standard InChI is InChI=1S/C34H26N6/c1-22(16-23-6-3-2-4-7-23)37-27-17-26(20-36-21-27)25-10-11-32-30(18-25)34(40-39-32)33-19-29-28(8-5-9-31(29)38-33)24-12-14-35-15-13-24/h2-15,17-21,37-38H,1,16H2,(H,39,40). The van der Waals surface area contributed by atoms with E-state index >= 15 is 0 Å². The highest BCUT2D eigenvalue weighted by atomic mass is 15.1. The quantitative estimate of drug-likeness (QED) is 0.200. The van der Waals surface area contributed by atoms with Crippen LogP contribution in [0.2, 0.25) is 0 Å². The van der Waals surface area contributed by atoms with Crippen LogP contribution in [-0.4, -0.2) is 25.1 Å². The minimum Gasteiger partial charge on any atom is -0.358 e. The van der Waals surface area contributed by atoms with E-state index in [2.05, 4.69) is 97.7 Å². The smallest absolute Gasteiger partial charge is 0.116 e. The Morgan fingerprint density at radius 3 is 2.48 bits per heavy atom. The van der Waals surface area contributed by atoms with Gasteiger partial charge in [0.25, 0.3) is 0 Å². The molecule has 4 aromatic heterocycles. The number of nitrogens with one attached hydrogen (secondary N) is 3. The van der Waals surface area contributed by atoms with Gasteiger partial charge in [0.1, 0.15) is 5.69 Å². The van der Waals surface area contributed by atoms with E-state index in [0.717, 1.165) is 73.3 Å². The number of pyridine rings is 2. The molecule has 0 aliphatic rings. The van der Waals surface area contributed by atoms with E-state index < -0.39 is 0 Å². The molecule has 0 amide bonds. The average Bonchev–Trinajstić information content (AvgIpc) is 3.62. The van der Waals surface area contributed by atoms with Gasteiger partial charge in [0.2, 0.25) is 0 Å². The van der Waals surface area contributed by atoms with Crippen LogP contribution in [0.25, 0.3) is 55.4 Å². The zero-order chi connectivity index (χ0) is 26.9. The number of benzene rings is 3. The van der Waals surface area contributed by atoms with Crippen molar-refractivity contribution in [3.63, 3.8) is 0 Å². The summed E-state index contributed by atoms with van der Waals surface area (Å²) >= 11 is 0. The molecule has 0 aliphatic carbocycles. The minimum absolute atomic E-state index is 0.753. The number of allylic oxidation sites excluding steroid dienone is 1. The summed E-state index contributed by atoms with van der Waals surface area (Å²) in [7, 11) is 0. The predicted molar refractivity (Wildman–Crippen MR) is 163 cm³/mol. The van der Waals surface area contributed by atoms with Crippen LogP contribution >= 0.6 is 0 Å². The van der Waals surface area contributed by atoms with Crippen LogP contribution in [0.5, 0.6) is 0 Å². The van der Waals surface area contributed by atoms with Gasteiger partial charge in [-0.2, -0.15) is 5.10 Å². The molecule has 0 spiro atoms.